The molecule has 60 valence electrons. The Morgan fingerprint density at radius 1 is 0.583 bits per heavy atom. The van der Waals surface area contributed by atoms with Crippen LogP contribution in [0.25, 0.3) is 0 Å². The number of halogens is 1. The Kier molecular flexibility index (Phi) is 13.5. The van der Waals surface area contributed by atoms with E-state index in [9.17, 15) is 0 Å². The molecule has 0 N–H and O–H groups in total. The van der Waals surface area contributed by atoms with Crippen LogP contribution in [-0.4, -0.2) is 0 Å². The Labute approximate surface area is 105 Å². The van der Waals surface area contributed by atoms with Crippen molar-refractivity contribution in [3.63, 3.8) is 0 Å². The molecule has 0 fully saturated rings. The molecule has 0 unspecified atom stereocenters. The molecule has 2 heteroatoms. The van der Waals surface area contributed by atoms with Crippen LogP contribution in [0.5, 0.6) is 0 Å². The number of rotatable bonds is 0. The molecule has 2 aromatic carbocycles. The SMILES string of the molecule is [Cl-].[Y+3].c1cc[cH-]c1.c1cc[cH-]c1. The van der Waals surface area contributed by atoms with Crippen LogP contribution in [0.4, 0.5) is 0 Å². The van der Waals surface area contributed by atoms with Crippen molar-refractivity contribution in [3.8, 4) is 0 Å². The Bertz CT molecular complexity index is 149. The van der Waals surface area contributed by atoms with Gasteiger partial charge >= 0.3 is 32.7 Å². The van der Waals surface area contributed by atoms with Crippen LogP contribution in [0.3, 0.4) is 0 Å². The van der Waals surface area contributed by atoms with Crippen molar-refractivity contribution >= 4 is 0 Å². The third kappa shape index (κ3) is 8.19. The fraction of sp³-hybridized carbons (Fsp3) is 0. The van der Waals surface area contributed by atoms with Gasteiger partial charge in [-0.05, 0) is 0 Å². The summed E-state index contributed by atoms with van der Waals surface area (Å²) in [5, 5.41) is 0. The number of hydrogen-bond acceptors (Lipinski definition) is 0. The molecule has 0 bridgehead atoms. The van der Waals surface area contributed by atoms with Crippen molar-refractivity contribution in [1.82, 2.24) is 0 Å². The molecule has 2 rings (SSSR count). The molecule has 0 aromatic heterocycles. The minimum absolute atomic E-state index is 0. The van der Waals surface area contributed by atoms with Gasteiger partial charge < -0.3 is 12.4 Å². The van der Waals surface area contributed by atoms with Crippen LogP contribution in [0.15, 0.2) is 60.7 Å². The Hall–Kier alpha value is 0.0939. The number of hydrogen-bond donors (Lipinski definition) is 0. The normalized spacial score (nSPS) is 6.67. The topological polar surface area (TPSA) is 0 Å². The van der Waals surface area contributed by atoms with Crippen LogP contribution >= 0.6 is 0 Å². The van der Waals surface area contributed by atoms with Crippen molar-refractivity contribution in [1.29, 1.82) is 0 Å². The van der Waals surface area contributed by atoms with Gasteiger partial charge in [0.15, 0.2) is 0 Å². The van der Waals surface area contributed by atoms with E-state index < -0.39 is 0 Å². The molecule has 0 nitrogen and oxygen atoms in total. The van der Waals surface area contributed by atoms with Gasteiger partial charge in [0.25, 0.3) is 0 Å². The third-order valence-corrected chi connectivity index (χ3v) is 1.11. The van der Waals surface area contributed by atoms with Crippen LogP contribution < -0.4 is 12.4 Å². The van der Waals surface area contributed by atoms with Crippen LogP contribution in [0, 0.1) is 0 Å². The van der Waals surface area contributed by atoms with Crippen LogP contribution in [0.2, 0.25) is 0 Å². The first-order valence-electron chi connectivity index (χ1n) is 3.33. The zero-order valence-electron chi connectivity index (χ0n) is 6.73. The molecule has 12 heavy (non-hydrogen) atoms. The van der Waals surface area contributed by atoms with Gasteiger partial charge in [0.05, 0.1) is 0 Å². The fourth-order valence-electron chi connectivity index (χ4n) is 0.642. The summed E-state index contributed by atoms with van der Waals surface area (Å²) in [5.41, 5.74) is 0. The minimum Gasteiger partial charge on any atom is -1.00 e. The summed E-state index contributed by atoms with van der Waals surface area (Å²) in [6.07, 6.45) is 0. The van der Waals surface area contributed by atoms with E-state index in [1.807, 2.05) is 60.7 Å². The Morgan fingerprint density at radius 3 is 0.917 bits per heavy atom. The van der Waals surface area contributed by atoms with E-state index in [-0.39, 0.29) is 45.1 Å². The first-order valence-corrected chi connectivity index (χ1v) is 3.33. The van der Waals surface area contributed by atoms with E-state index >= 15 is 0 Å². The van der Waals surface area contributed by atoms with Crippen LogP contribution in [-0.2, 0) is 32.7 Å². The van der Waals surface area contributed by atoms with Crippen molar-refractivity contribution in [2.75, 3.05) is 0 Å². The summed E-state index contributed by atoms with van der Waals surface area (Å²) in [5.74, 6) is 0. The predicted molar refractivity (Wildman–Crippen MR) is 44.1 cm³/mol. The minimum atomic E-state index is 0. The molecule has 0 aliphatic rings. The first kappa shape index (κ1) is 14.6. The van der Waals surface area contributed by atoms with Gasteiger partial charge in [-0.3, -0.25) is 0 Å². The summed E-state index contributed by atoms with van der Waals surface area (Å²) in [7, 11) is 0. The van der Waals surface area contributed by atoms with E-state index in [1.54, 1.807) is 0 Å². The fourth-order valence-corrected chi connectivity index (χ4v) is 0.642. The monoisotopic (exact) mass is 254 g/mol. The standard InChI is InChI=1S/2C5H5.ClH.Y/c2*1-2-4-5-3-1;;/h2*1-5H;1H;/q2*-1;;+3/p-1. The van der Waals surface area contributed by atoms with Gasteiger partial charge in [-0.25, -0.2) is 24.3 Å². The molecule has 0 spiro atoms. The second-order valence-corrected chi connectivity index (χ2v) is 1.92. The zero-order chi connectivity index (χ0) is 7.07. The van der Waals surface area contributed by atoms with Crippen molar-refractivity contribution in [2.24, 2.45) is 0 Å². The summed E-state index contributed by atoms with van der Waals surface area (Å²) in [6.45, 7) is 0. The molecule has 0 aliphatic heterocycles. The maximum atomic E-state index is 2.00. The summed E-state index contributed by atoms with van der Waals surface area (Å²) in [6, 6.07) is 20.0. The van der Waals surface area contributed by atoms with Gasteiger partial charge in [0, 0.05) is 0 Å². The van der Waals surface area contributed by atoms with Gasteiger partial charge in [-0.1, -0.05) is 0 Å². The summed E-state index contributed by atoms with van der Waals surface area (Å²) < 4.78 is 0. The first-order chi connectivity index (χ1) is 5.00. The Morgan fingerprint density at radius 2 is 0.833 bits per heavy atom. The molecule has 0 heterocycles. The molecule has 0 aliphatic carbocycles. The van der Waals surface area contributed by atoms with Gasteiger partial charge in [0.2, 0.25) is 0 Å². The van der Waals surface area contributed by atoms with E-state index in [1.165, 1.54) is 0 Å². The molecular weight excluding hydrogens is 244 g/mol. The zero-order valence-corrected chi connectivity index (χ0v) is 10.3. The molecule has 0 saturated carbocycles. The maximum Gasteiger partial charge on any atom is 3.00 e. The molecule has 0 amide bonds. The summed E-state index contributed by atoms with van der Waals surface area (Å²) in [4.78, 5) is 0. The molecule has 0 saturated heterocycles. The molecule has 2 aromatic rings. The van der Waals surface area contributed by atoms with Crippen molar-refractivity contribution in [2.45, 2.75) is 0 Å². The molecule has 0 radical (unpaired) electrons. The largest absolute Gasteiger partial charge is 3.00 e. The predicted octanol–water partition coefficient (Wildman–Crippen LogP) is -0.187. The average molecular weight is 255 g/mol. The van der Waals surface area contributed by atoms with Gasteiger partial charge in [-0.15, -0.1) is 0 Å². The second kappa shape index (κ2) is 11.1. The molecule has 0 atom stereocenters. The smallest absolute Gasteiger partial charge is 1.00 e. The van der Waals surface area contributed by atoms with Crippen molar-refractivity contribution in [3.05, 3.63) is 60.7 Å². The maximum absolute atomic E-state index is 2.00. The third-order valence-electron chi connectivity index (χ3n) is 1.11. The van der Waals surface area contributed by atoms with Crippen molar-refractivity contribution < 1.29 is 45.1 Å². The van der Waals surface area contributed by atoms with E-state index in [0.717, 1.165) is 0 Å². The van der Waals surface area contributed by atoms with E-state index in [0.29, 0.717) is 0 Å². The van der Waals surface area contributed by atoms with E-state index in [2.05, 4.69) is 0 Å². The van der Waals surface area contributed by atoms with Crippen LogP contribution in [0.1, 0.15) is 0 Å². The molecular formula is C10H10ClY. The average Bonchev–Trinajstić information content (AvgIpc) is 2.67. The van der Waals surface area contributed by atoms with E-state index in [4.69, 9.17) is 0 Å². The quantitative estimate of drug-likeness (QED) is 0.572. The second-order valence-electron chi connectivity index (χ2n) is 1.92. The Balaban J connectivity index is 0. The van der Waals surface area contributed by atoms with Gasteiger partial charge in [-0.2, -0.15) is 36.4 Å². The van der Waals surface area contributed by atoms with Gasteiger partial charge in [0.1, 0.15) is 0 Å². The summed E-state index contributed by atoms with van der Waals surface area (Å²) >= 11 is 0.